The molecule has 4 nitrogen and oxygen atoms in total. The van der Waals surface area contributed by atoms with E-state index in [1.165, 1.54) is 6.42 Å². The average molecular weight is 268 g/mol. The van der Waals surface area contributed by atoms with Gasteiger partial charge >= 0.3 is 5.97 Å². The first-order valence-electron chi connectivity index (χ1n) is 7.67. The van der Waals surface area contributed by atoms with Gasteiger partial charge in [-0.1, -0.05) is 13.8 Å². The third kappa shape index (κ3) is 3.29. The lowest BCUT2D eigenvalue weighted by Gasteiger charge is -2.29. The van der Waals surface area contributed by atoms with E-state index in [-0.39, 0.29) is 0 Å². The van der Waals surface area contributed by atoms with Crippen LogP contribution in [0.3, 0.4) is 0 Å². The van der Waals surface area contributed by atoms with Gasteiger partial charge in [0.15, 0.2) is 0 Å². The molecular weight excluding hydrogens is 240 g/mol. The molecule has 0 heterocycles. The van der Waals surface area contributed by atoms with Crippen LogP contribution >= 0.6 is 0 Å². The Kier molecular flexibility index (Phi) is 4.51. The lowest BCUT2D eigenvalue weighted by Crippen LogP contribution is -2.51. The molecule has 0 aromatic rings. The summed E-state index contributed by atoms with van der Waals surface area (Å²) in [6, 6.07) is 0.424. The third-order valence-corrected chi connectivity index (χ3v) is 5.03. The molecule has 0 radical (unpaired) electrons. The summed E-state index contributed by atoms with van der Waals surface area (Å²) in [4.78, 5) is 14.0. The molecule has 110 valence electrons. The molecule has 4 atom stereocenters. The summed E-state index contributed by atoms with van der Waals surface area (Å²) in [5.74, 6) is 1.04. The van der Waals surface area contributed by atoms with Gasteiger partial charge in [-0.05, 0) is 57.5 Å². The van der Waals surface area contributed by atoms with Crippen LogP contribution in [0.1, 0.15) is 46.0 Å². The molecule has 4 heteroatoms. The molecule has 2 aliphatic rings. The Morgan fingerprint density at radius 2 is 2.21 bits per heavy atom. The predicted molar refractivity (Wildman–Crippen MR) is 76.2 cm³/mol. The van der Waals surface area contributed by atoms with Crippen molar-refractivity contribution in [1.29, 1.82) is 0 Å². The van der Waals surface area contributed by atoms with Crippen molar-refractivity contribution in [2.45, 2.75) is 57.5 Å². The van der Waals surface area contributed by atoms with Crippen molar-refractivity contribution in [1.82, 2.24) is 10.2 Å². The van der Waals surface area contributed by atoms with Gasteiger partial charge in [0.1, 0.15) is 5.54 Å². The molecule has 2 N–H and O–H groups in total. The number of rotatable bonds is 7. The van der Waals surface area contributed by atoms with Crippen molar-refractivity contribution < 1.29 is 9.90 Å². The summed E-state index contributed by atoms with van der Waals surface area (Å²) in [7, 11) is 2.16. The van der Waals surface area contributed by atoms with E-state index < -0.39 is 11.5 Å². The maximum atomic E-state index is 11.6. The predicted octanol–water partition coefficient (Wildman–Crippen LogP) is 1.95. The molecule has 2 aliphatic carbocycles. The summed E-state index contributed by atoms with van der Waals surface area (Å²) in [6.45, 7) is 6.31. The van der Waals surface area contributed by atoms with Crippen LogP contribution in [0.25, 0.3) is 0 Å². The summed E-state index contributed by atoms with van der Waals surface area (Å²) in [5.41, 5.74) is -0.676. The van der Waals surface area contributed by atoms with Crippen LogP contribution in [-0.4, -0.2) is 47.7 Å². The van der Waals surface area contributed by atoms with Gasteiger partial charge in [-0.15, -0.1) is 0 Å². The van der Waals surface area contributed by atoms with E-state index >= 15 is 0 Å². The second-order valence-corrected chi connectivity index (χ2v) is 6.62. The van der Waals surface area contributed by atoms with E-state index in [0.717, 1.165) is 50.6 Å². The molecule has 4 unspecified atom stereocenters. The van der Waals surface area contributed by atoms with E-state index in [1.54, 1.807) is 0 Å². The zero-order chi connectivity index (χ0) is 14.0. The molecule has 0 spiro atoms. The van der Waals surface area contributed by atoms with Crippen LogP contribution < -0.4 is 5.32 Å². The van der Waals surface area contributed by atoms with Crippen molar-refractivity contribution in [2.75, 3.05) is 20.1 Å². The lowest BCUT2D eigenvalue weighted by atomic mass is 9.97. The molecule has 0 aromatic carbocycles. The van der Waals surface area contributed by atoms with Gasteiger partial charge in [0.05, 0.1) is 0 Å². The van der Waals surface area contributed by atoms with Crippen LogP contribution in [0.5, 0.6) is 0 Å². The van der Waals surface area contributed by atoms with Gasteiger partial charge in [0, 0.05) is 12.6 Å². The number of aliphatic carboxylic acids is 1. The smallest absolute Gasteiger partial charge is 0.323 e. The van der Waals surface area contributed by atoms with Gasteiger partial charge in [-0.25, -0.2) is 0 Å². The minimum atomic E-state index is -0.676. The number of carbonyl (C=O) groups is 1. The Bertz CT molecular complexity index is 334. The van der Waals surface area contributed by atoms with Crippen molar-refractivity contribution in [3.05, 3.63) is 0 Å². The SMILES string of the molecule is CCCNC1(C(=O)O)CCC(N(C)CC2CC2C)C1. The normalized spacial score (nSPS) is 37.8. The number of hydrogen-bond acceptors (Lipinski definition) is 3. The molecule has 2 rings (SSSR count). The lowest BCUT2D eigenvalue weighted by molar-refractivity contribution is -0.144. The summed E-state index contributed by atoms with van der Waals surface area (Å²) in [6.07, 6.45) is 4.84. The third-order valence-electron chi connectivity index (χ3n) is 5.03. The Morgan fingerprint density at radius 3 is 2.74 bits per heavy atom. The van der Waals surface area contributed by atoms with E-state index in [9.17, 15) is 9.90 Å². The fourth-order valence-corrected chi connectivity index (χ4v) is 3.36. The van der Waals surface area contributed by atoms with Crippen LogP contribution in [0, 0.1) is 11.8 Å². The fraction of sp³-hybridized carbons (Fsp3) is 0.933. The quantitative estimate of drug-likeness (QED) is 0.741. The Hall–Kier alpha value is -0.610. The highest BCUT2D eigenvalue weighted by Crippen LogP contribution is 2.40. The van der Waals surface area contributed by atoms with E-state index in [0.29, 0.717) is 6.04 Å². The van der Waals surface area contributed by atoms with Gasteiger partial charge in [-0.3, -0.25) is 4.79 Å². The molecule has 19 heavy (non-hydrogen) atoms. The molecule has 2 fully saturated rings. The zero-order valence-electron chi connectivity index (χ0n) is 12.5. The highest BCUT2D eigenvalue weighted by molar-refractivity contribution is 5.79. The highest BCUT2D eigenvalue weighted by Gasteiger charge is 2.46. The van der Waals surface area contributed by atoms with E-state index in [2.05, 4.69) is 31.1 Å². The molecule has 0 saturated heterocycles. The fourth-order valence-electron chi connectivity index (χ4n) is 3.36. The zero-order valence-corrected chi connectivity index (χ0v) is 12.5. The average Bonchev–Trinajstić information content (AvgIpc) is 2.91. The molecule has 0 aromatic heterocycles. The molecular formula is C15H28N2O2. The minimum absolute atomic E-state index is 0.424. The molecule has 0 amide bonds. The van der Waals surface area contributed by atoms with Crippen molar-refractivity contribution in [3.63, 3.8) is 0 Å². The summed E-state index contributed by atoms with van der Waals surface area (Å²) >= 11 is 0. The highest BCUT2D eigenvalue weighted by atomic mass is 16.4. The molecule has 0 aliphatic heterocycles. The van der Waals surface area contributed by atoms with Gasteiger partial charge < -0.3 is 15.3 Å². The van der Waals surface area contributed by atoms with Crippen LogP contribution in [0.2, 0.25) is 0 Å². The maximum absolute atomic E-state index is 11.6. The second-order valence-electron chi connectivity index (χ2n) is 6.62. The first-order chi connectivity index (χ1) is 8.98. The van der Waals surface area contributed by atoms with Gasteiger partial charge in [0.25, 0.3) is 0 Å². The first-order valence-corrected chi connectivity index (χ1v) is 7.67. The topological polar surface area (TPSA) is 52.6 Å². The van der Waals surface area contributed by atoms with Crippen molar-refractivity contribution >= 4 is 5.97 Å². The maximum Gasteiger partial charge on any atom is 0.323 e. The Labute approximate surface area is 116 Å². The number of carboxylic acids is 1. The Morgan fingerprint density at radius 1 is 1.53 bits per heavy atom. The summed E-state index contributed by atoms with van der Waals surface area (Å²) in [5, 5.41) is 12.8. The summed E-state index contributed by atoms with van der Waals surface area (Å²) < 4.78 is 0. The number of hydrogen-bond donors (Lipinski definition) is 2. The van der Waals surface area contributed by atoms with Crippen LogP contribution in [0.4, 0.5) is 0 Å². The first kappa shape index (κ1) is 14.8. The number of nitrogens with zero attached hydrogens (tertiary/aromatic N) is 1. The monoisotopic (exact) mass is 268 g/mol. The second kappa shape index (κ2) is 5.80. The number of carboxylic acid groups (broad SMARTS) is 1. The van der Waals surface area contributed by atoms with Crippen molar-refractivity contribution in [2.24, 2.45) is 11.8 Å². The number of nitrogens with one attached hydrogen (secondary N) is 1. The van der Waals surface area contributed by atoms with Crippen LogP contribution in [-0.2, 0) is 4.79 Å². The van der Waals surface area contributed by atoms with E-state index in [1.807, 2.05) is 0 Å². The standard InChI is InChI=1S/C15H28N2O2/c1-4-7-16-15(14(18)19)6-5-13(9-15)17(3)10-12-8-11(12)2/h11-13,16H,4-10H2,1-3H3,(H,18,19). The van der Waals surface area contributed by atoms with Gasteiger partial charge in [-0.2, -0.15) is 0 Å². The largest absolute Gasteiger partial charge is 0.480 e. The Balaban J connectivity index is 1.90. The minimum Gasteiger partial charge on any atom is -0.480 e. The molecule has 0 bridgehead atoms. The van der Waals surface area contributed by atoms with Crippen LogP contribution in [0.15, 0.2) is 0 Å². The van der Waals surface area contributed by atoms with Gasteiger partial charge in [0.2, 0.25) is 0 Å². The van der Waals surface area contributed by atoms with E-state index in [4.69, 9.17) is 0 Å². The van der Waals surface area contributed by atoms with Crippen molar-refractivity contribution in [3.8, 4) is 0 Å². The molecule has 2 saturated carbocycles.